The summed E-state index contributed by atoms with van der Waals surface area (Å²) in [4.78, 5) is 33.2. The molecule has 2 aromatic heterocycles. The highest BCUT2D eigenvalue weighted by molar-refractivity contribution is 7.13. The Morgan fingerprint density at radius 2 is 1.32 bits per heavy atom. The summed E-state index contributed by atoms with van der Waals surface area (Å²) in [6, 6.07) is 2.90. The van der Waals surface area contributed by atoms with Crippen molar-refractivity contribution in [2.75, 3.05) is 0 Å². The highest BCUT2D eigenvalue weighted by Gasteiger charge is 2.21. The summed E-state index contributed by atoms with van der Waals surface area (Å²) in [5.41, 5.74) is 2.50. The summed E-state index contributed by atoms with van der Waals surface area (Å²) in [5, 5.41) is 24.9. The molecule has 2 aromatic rings. The van der Waals surface area contributed by atoms with Gasteiger partial charge < -0.3 is 0 Å². The van der Waals surface area contributed by atoms with Crippen LogP contribution in [-0.4, -0.2) is 15.6 Å². The highest BCUT2D eigenvalue weighted by atomic mass is 32.1. The van der Waals surface area contributed by atoms with Crippen molar-refractivity contribution < 1.29 is 14.6 Å². The second-order valence-electron chi connectivity index (χ2n) is 5.47. The first-order valence-corrected chi connectivity index (χ1v) is 9.11. The van der Waals surface area contributed by atoms with E-state index in [-0.39, 0.29) is 15.8 Å². The van der Waals surface area contributed by atoms with Gasteiger partial charge in [-0.1, -0.05) is 22.7 Å². The van der Waals surface area contributed by atoms with E-state index >= 15 is 0 Å². The maximum Gasteiger partial charge on any atom is 0.324 e. The summed E-state index contributed by atoms with van der Waals surface area (Å²) in [6.45, 7) is 0. The van der Waals surface area contributed by atoms with E-state index in [9.17, 15) is 25.0 Å². The number of nitrogens with zero attached hydrogens (tertiary/aromatic N) is 2. The minimum Gasteiger partial charge on any atom is -0.289 e. The van der Waals surface area contributed by atoms with Crippen LogP contribution in [0.3, 0.4) is 0 Å². The van der Waals surface area contributed by atoms with Gasteiger partial charge in [-0.05, 0) is 42.5 Å². The fourth-order valence-corrected chi connectivity index (χ4v) is 3.97. The second kappa shape index (κ2) is 7.08. The molecular formula is C16H12N2O5S2. The molecule has 1 aliphatic rings. The number of hydrogen-bond acceptors (Lipinski definition) is 7. The van der Waals surface area contributed by atoms with Crippen LogP contribution in [0.25, 0.3) is 12.2 Å². The Kier molecular flexibility index (Phi) is 4.86. The number of allylic oxidation sites excluding steroid dienone is 2. The third-order valence-corrected chi connectivity index (χ3v) is 5.53. The van der Waals surface area contributed by atoms with E-state index in [4.69, 9.17) is 0 Å². The van der Waals surface area contributed by atoms with Crippen LogP contribution in [0.5, 0.6) is 0 Å². The molecule has 1 saturated carbocycles. The van der Waals surface area contributed by atoms with Crippen molar-refractivity contribution >= 4 is 50.6 Å². The van der Waals surface area contributed by atoms with Gasteiger partial charge in [0.15, 0.2) is 5.78 Å². The zero-order valence-electron chi connectivity index (χ0n) is 12.8. The summed E-state index contributed by atoms with van der Waals surface area (Å²) < 4.78 is 0. The number of thiophene rings is 2. The molecule has 7 nitrogen and oxygen atoms in total. The summed E-state index contributed by atoms with van der Waals surface area (Å²) in [6.07, 6.45) is 5.40. The zero-order chi connectivity index (χ0) is 18.0. The fourth-order valence-electron chi connectivity index (χ4n) is 2.60. The van der Waals surface area contributed by atoms with Gasteiger partial charge in [0.2, 0.25) is 0 Å². The van der Waals surface area contributed by atoms with Crippen LogP contribution in [0, 0.1) is 20.2 Å². The Labute approximate surface area is 150 Å². The van der Waals surface area contributed by atoms with E-state index in [0.29, 0.717) is 35.1 Å². The SMILES string of the molecule is O=C1/C(=C/c2csc([N+](=O)[O-])c2)CCC/C1=C\c1csc([N+](=O)[O-])c1. The quantitative estimate of drug-likeness (QED) is 0.431. The maximum atomic E-state index is 12.6. The monoisotopic (exact) mass is 376 g/mol. The number of ketones is 1. The third-order valence-electron chi connectivity index (χ3n) is 3.73. The molecule has 0 saturated heterocycles. The van der Waals surface area contributed by atoms with Crippen molar-refractivity contribution in [3.63, 3.8) is 0 Å². The van der Waals surface area contributed by atoms with Crippen LogP contribution in [0.4, 0.5) is 10.0 Å². The Morgan fingerprint density at radius 1 is 0.880 bits per heavy atom. The topological polar surface area (TPSA) is 103 Å². The zero-order valence-corrected chi connectivity index (χ0v) is 14.5. The van der Waals surface area contributed by atoms with Crippen LogP contribution in [0.15, 0.2) is 34.0 Å². The van der Waals surface area contributed by atoms with Gasteiger partial charge in [0.25, 0.3) is 0 Å². The third kappa shape index (κ3) is 3.89. The molecule has 0 bridgehead atoms. The van der Waals surface area contributed by atoms with Crippen molar-refractivity contribution in [2.24, 2.45) is 0 Å². The number of carbonyl (C=O) groups is 1. The molecule has 0 unspecified atom stereocenters. The van der Waals surface area contributed by atoms with Gasteiger partial charge in [-0.3, -0.25) is 25.0 Å². The van der Waals surface area contributed by atoms with Gasteiger partial charge in [0.05, 0.1) is 9.85 Å². The predicted molar refractivity (Wildman–Crippen MR) is 96.8 cm³/mol. The van der Waals surface area contributed by atoms with Gasteiger partial charge in [0, 0.05) is 34.0 Å². The molecule has 128 valence electrons. The summed E-state index contributed by atoms with van der Waals surface area (Å²) in [5.74, 6) is -0.103. The summed E-state index contributed by atoms with van der Waals surface area (Å²) in [7, 11) is 0. The van der Waals surface area contributed by atoms with Crippen LogP contribution in [-0.2, 0) is 4.79 Å². The van der Waals surface area contributed by atoms with Gasteiger partial charge >= 0.3 is 10.0 Å². The van der Waals surface area contributed by atoms with E-state index in [1.165, 1.54) is 12.1 Å². The van der Waals surface area contributed by atoms with Gasteiger partial charge in [-0.25, -0.2) is 0 Å². The van der Waals surface area contributed by atoms with Crippen molar-refractivity contribution in [2.45, 2.75) is 19.3 Å². The lowest BCUT2D eigenvalue weighted by Crippen LogP contribution is -2.12. The Bertz CT molecular complexity index is 850. The van der Waals surface area contributed by atoms with Crippen molar-refractivity contribution in [3.05, 3.63) is 65.4 Å². The molecule has 2 heterocycles. The Morgan fingerprint density at radius 3 is 1.68 bits per heavy atom. The molecule has 0 radical (unpaired) electrons. The molecule has 3 rings (SSSR count). The minimum atomic E-state index is -0.454. The largest absolute Gasteiger partial charge is 0.324 e. The van der Waals surface area contributed by atoms with Crippen LogP contribution < -0.4 is 0 Å². The molecule has 0 spiro atoms. The number of rotatable bonds is 4. The number of hydrogen-bond donors (Lipinski definition) is 0. The van der Waals surface area contributed by atoms with Crippen molar-refractivity contribution in [3.8, 4) is 0 Å². The lowest BCUT2D eigenvalue weighted by Gasteiger charge is -2.16. The molecule has 0 N–H and O–H groups in total. The first kappa shape index (κ1) is 17.2. The number of nitro groups is 2. The van der Waals surface area contributed by atoms with Gasteiger partial charge in [0.1, 0.15) is 0 Å². The van der Waals surface area contributed by atoms with E-state index in [2.05, 4.69) is 0 Å². The van der Waals surface area contributed by atoms with Crippen molar-refractivity contribution in [1.29, 1.82) is 0 Å². The molecule has 1 fully saturated rings. The predicted octanol–water partition coefficient (Wildman–Crippen LogP) is 4.85. The molecule has 9 heteroatoms. The first-order chi connectivity index (χ1) is 11.9. The van der Waals surface area contributed by atoms with E-state index < -0.39 is 9.85 Å². The van der Waals surface area contributed by atoms with Gasteiger partial charge in [-0.2, -0.15) is 0 Å². The summed E-state index contributed by atoms with van der Waals surface area (Å²) >= 11 is 2.05. The fraction of sp³-hybridized carbons (Fsp3) is 0.188. The first-order valence-electron chi connectivity index (χ1n) is 7.36. The Balaban J connectivity index is 1.84. The second-order valence-corrected chi connectivity index (χ2v) is 7.25. The van der Waals surface area contributed by atoms with Gasteiger partial charge in [-0.15, -0.1) is 0 Å². The number of carbonyl (C=O) groups excluding carboxylic acids is 1. The smallest absolute Gasteiger partial charge is 0.289 e. The Hall–Kier alpha value is -2.65. The highest BCUT2D eigenvalue weighted by Crippen LogP contribution is 2.32. The normalized spacial score (nSPS) is 18.0. The van der Waals surface area contributed by atoms with E-state index in [1.807, 2.05) is 0 Å². The maximum absolute atomic E-state index is 12.6. The molecule has 25 heavy (non-hydrogen) atoms. The van der Waals surface area contributed by atoms with Crippen LogP contribution in [0.2, 0.25) is 0 Å². The molecule has 0 aliphatic heterocycles. The number of Topliss-reactive ketones (excluding diaryl/α,β-unsaturated/α-hetero) is 1. The average Bonchev–Trinajstić information content (AvgIpc) is 3.20. The van der Waals surface area contributed by atoms with E-state index in [0.717, 1.165) is 29.1 Å². The lowest BCUT2D eigenvalue weighted by molar-refractivity contribution is -0.380. The molecule has 0 atom stereocenters. The van der Waals surface area contributed by atoms with Crippen molar-refractivity contribution in [1.82, 2.24) is 0 Å². The van der Waals surface area contributed by atoms with Crippen LogP contribution in [0.1, 0.15) is 30.4 Å². The molecule has 0 amide bonds. The molecule has 0 aromatic carbocycles. The average molecular weight is 376 g/mol. The molecular weight excluding hydrogens is 364 g/mol. The molecule has 1 aliphatic carbocycles. The van der Waals surface area contributed by atoms with E-state index in [1.54, 1.807) is 22.9 Å². The standard InChI is InChI=1S/C16H12N2O5S2/c19-16-12(4-10-6-14(17(20)21)24-8-10)2-1-3-13(16)5-11-7-15(18(22)23)25-9-11/h4-9H,1-3H2/b12-4+,13-5+. The lowest BCUT2D eigenvalue weighted by atomic mass is 9.87. The minimum absolute atomic E-state index is 0.0384. The van der Waals surface area contributed by atoms with Crippen LogP contribution >= 0.6 is 22.7 Å².